The average molecular weight is 226 g/mol. The van der Waals surface area contributed by atoms with Crippen molar-refractivity contribution < 1.29 is 14.7 Å². The summed E-state index contributed by atoms with van der Waals surface area (Å²) in [6.07, 6.45) is 1.32. The van der Waals surface area contributed by atoms with Gasteiger partial charge >= 0.3 is 5.97 Å². The van der Waals surface area contributed by atoms with Crippen LogP contribution in [0.4, 0.5) is 5.69 Å². The monoisotopic (exact) mass is 226 g/mol. The van der Waals surface area contributed by atoms with E-state index in [2.05, 4.69) is 10.4 Å². The molecule has 0 spiro atoms. The molecule has 1 rings (SSSR count). The van der Waals surface area contributed by atoms with Crippen LogP contribution in [0.15, 0.2) is 6.20 Å². The first kappa shape index (κ1) is 12.0. The number of nitrogens with one attached hydrogen (secondary N) is 1. The predicted molar refractivity (Wildman–Crippen MR) is 56.9 cm³/mol. The lowest BCUT2D eigenvalue weighted by molar-refractivity contribution is -0.122. The summed E-state index contributed by atoms with van der Waals surface area (Å²) in [4.78, 5) is 22.0. The Kier molecular flexibility index (Phi) is 3.49. The summed E-state index contributed by atoms with van der Waals surface area (Å²) in [5.74, 6) is -1.45. The van der Waals surface area contributed by atoms with E-state index in [4.69, 9.17) is 10.8 Å². The van der Waals surface area contributed by atoms with Gasteiger partial charge in [-0.15, -0.1) is 0 Å². The van der Waals surface area contributed by atoms with Gasteiger partial charge in [0.2, 0.25) is 5.91 Å². The van der Waals surface area contributed by atoms with Crippen LogP contribution >= 0.6 is 0 Å². The lowest BCUT2D eigenvalue weighted by Gasteiger charge is -2.07. The lowest BCUT2D eigenvalue weighted by Crippen LogP contribution is -2.33. The van der Waals surface area contributed by atoms with E-state index >= 15 is 0 Å². The van der Waals surface area contributed by atoms with Gasteiger partial charge in [-0.05, 0) is 13.8 Å². The van der Waals surface area contributed by atoms with Crippen molar-refractivity contribution in [2.45, 2.75) is 26.4 Å². The van der Waals surface area contributed by atoms with Gasteiger partial charge in [0.1, 0.15) is 6.54 Å². The number of nitrogen functional groups attached to an aromatic ring is 1. The molecule has 0 bridgehead atoms. The molecule has 1 aromatic rings. The molecule has 0 saturated carbocycles. The fourth-order valence-electron chi connectivity index (χ4n) is 1.20. The fraction of sp³-hybridized carbons (Fsp3) is 0.444. The van der Waals surface area contributed by atoms with Gasteiger partial charge in [0.15, 0.2) is 5.69 Å². The van der Waals surface area contributed by atoms with E-state index in [1.165, 1.54) is 10.9 Å². The molecule has 16 heavy (non-hydrogen) atoms. The molecule has 0 fully saturated rings. The molecule has 1 amide bonds. The molecule has 7 nitrogen and oxygen atoms in total. The van der Waals surface area contributed by atoms with Gasteiger partial charge in [-0.2, -0.15) is 5.10 Å². The second kappa shape index (κ2) is 4.65. The third-order valence-corrected chi connectivity index (χ3v) is 1.75. The Morgan fingerprint density at radius 2 is 2.25 bits per heavy atom. The highest BCUT2D eigenvalue weighted by Gasteiger charge is 2.14. The van der Waals surface area contributed by atoms with Crippen LogP contribution in [-0.4, -0.2) is 32.8 Å². The van der Waals surface area contributed by atoms with Crippen molar-refractivity contribution >= 4 is 17.6 Å². The highest BCUT2D eigenvalue weighted by Crippen LogP contribution is 2.08. The standard InChI is InChI=1S/C9H14N4O3/c1-5(2)11-7(14)4-13-3-6(10)8(12-13)9(15)16/h3,5H,4,10H2,1-2H3,(H,11,14)(H,15,16). The molecule has 0 aliphatic heterocycles. The molecule has 1 heterocycles. The lowest BCUT2D eigenvalue weighted by atomic mass is 10.4. The zero-order chi connectivity index (χ0) is 12.3. The van der Waals surface area contributed by atoms with Gasteiger partial charge in [0, 0.05) is 12.2 Å². The maximum Gasteiger partial charge on any atom is 0.358 e. The van der Waals surface area contributed by atoms with Crippen LogP contribution < -0.4 is 11.1 Å². The number of hydrogen-bond donors (Lipinski definition) is 3. The van der Waals surface area contributed by atoms with Gasteiger partial charge in [-0.25, -0.2) is 4.79 Å². The number of carboxylic acids is 1. The number of aromatic nitrogens is 2. The molecule has 88 valence electrons. The summed E-state index contributed by atoms with van der Waals surface area (Å²) in [6.45, 7) is 3.62. The maximum atomic E-state index is 11.4. The van der Waals surface area contributed by atoms with Gasteiger partial charge < -0.3 is 16.2 Å². The summed E-state index contributed by atoms with van der Waals surface area (Å²) < 4.78 is 1.20. The number of carboxylic acid groups (broad SMARTS) is 1. The summed E-state index contributed by atoms with van der Waals surface area (Å²) in [7, 11) is 0. The number of nitrogens with two attached hydrogens (primary N) is 1. The molecule has 0 atom stereocenters. The Hall–Kier alpha value is -2.05. The molecule has 0 unspecified atom stereocenters. The van der Waals surface area contributed by atoms with Crippen molar-refractivity contribution in [3.63, 3.8) is 0 Å². The minimum Gasteiger partial charge on any atom is -0.476 e. The third kappa shape index (κ3) is 2.97. The number of carbonyl (C=O) groups excluding carboxylic acids is 1. The summed E-state index contributed by atoms with van der Waals surface area (Å²) >= 11 is 0. The van der Waals surface area contributed by atoms with Crippen LogP contribution in [0.5, 0.6) is 0 Å². The Morgan fingerprint density at radius 1 is 1.62 bits per heavy atom. The first-order valence-electron chi connectivity index (χ1n) is 4.75. The van der Waals surface area contributed by atoms with Crippen molar-refractivity contribution in [3.8, 4) is 0 Å². The van der Waals surface area contributed by atoms with Crippen LogP contribution in [0.1, 0.15) is 24.3 Å². The predicted octanol–water partition coefficient (Wildman–Crippen LogP) is -0.312. The first-order valence-corrected chi connectivity index (χ1v) is 4.75. The molecule has 0 radical (unpaired) electrons. The van der Waals surface area contributed by atoms with Crippen LogP contribution in [0, 0.1) is 0 Å². The number of carbonyl (C=O) groups is 2. The Labute approximate surface area is 92.2 Å². The van der Waals surface area contributed by atoms with E-state index in [0.717, 1.165) is 0 Å². The number of anilines is 1. The minimum absolute atomic E-state index is 0.0272. The van der Waals surface area contributed by atoms with Crippen LogP contribution in [-0.2, 0) is 11.3 Å². The fourth-order valence-corrected chi connectivity index (χ4v) is 1.20. The Bertz CT molecular complexity index is 411. The van der Waals surface area contributed by atoms with E-state index in [-0.39, 0.29) is 29.9 Å². The molecule has 0 aliphatic carbocycles. The van der Waals surface area contributed by atoms with E-state index < -0.39 is 5.97 Å². The summed E-state index contributed by atoms with van der Waals surface area (Å²) in [5, 5.41) is 15.1. The molecule has 0 aliphatic rings. The normalized spacial score (nSPS) is 10.4. The number of aromatic carboxylic acids is 1. The summed E-state index contributed by atoms with van der Waals surface area (Å²) in [6, 6.07) is 0.0272. The smallest absolute Gasteiger partial charge is 0.358 e. The van der Waals surface area contributed by atoms with Gasteiger partial charge in [-0.3, -0.25) is 9.48 Å². The van der Waals surface area contributed by atoms with Crippen molar-refractivity contribution in [3.05, 3.63) is 11.9 Å². The molecular weight excluding hydrogens is 212 g/mol. The Morgan fingerprint density at radius 3 is 2.69 bits per heavy atom. The first-order chi connectivity index (χ1) is 7.40. The zero-order valence-electron chi connectivity index (χ0n) is 9.10. The van der Waals surface area contributed by atoms with E-state index in [0.29, 0.717) is 0 Å². The molecular formula is C9H14N4O3. The topological polar surface area (TPSA) is 110 Å². The molecule has 7 heteroatoms. The van der Waals surface area contributed by atoms with E-state index in [9.17, 15) is 9.59 Å². The highest BCUT2D eigenvalue weighted by molar-refractivity contribution is 5.91. The van der Waals surface area contributed by atoms with Crippen molar-refractivity contribution in [1.29, 1.82) is 0 Å². The van der Waals surface area contributed by atoms with Crippen LogP contribution in [0.25, 0.3) is 0 Å². The van der Waals surface area contributed by atoms with Crippen LogP contribution in [0.2, 0.25) is 0 Å². The van der Waals surface area contributed by atoms with Crippen molar-refractivity contribution in [1.82, 2.24) is 15.1 Å². The average Bonchev–Trinajstić information content (AvgIpc) is 2.44. The number of hydrogen-bond acceptors (Lipinski definition) is 4. The second-order valence-electron chi connectivity index (χ2n) is 3.66. The largest absolute Gasteiger partial charge is 0.476 e. The number of amides is 1. The maximum absolute atomic E-state index is 11.4. The Balaban J connectivity index is 2.72. The number of rotatable bonds is 4. The van der Waals surface area contributed by atoms with Gasteiger partial charge in [0.25, 0.3) is 0 Å². The summed E-state index contributed by atoms with van der Waals surface area (Å²) in [5.41, 5.74) is 5.23. The van der Waals surface area contributed by atoms with Gasteiger partial charge in [-0.1, -0.05) is 0 Å². The molecule has 0 saturated heterocycles. The SMILES string of the molecule is CC(C)NC(=O)Cn1cc(N)c(C(=O)O)n1. The van der Waals surface area contributed by atoms with E-state index in [1.54, 1.807) is 0 Å². The molecule has 0 aromatic carbocycles. The zero-order valence-corrected chi connectivity index (χ0v) is 9.10. The quantitative estimate of drug-likeness (QED) is 0.652. The van der Waals surface area contributed by atoms with Gasteiger partial charge in [0.05, 0.1) is 5.69 Å². The van der Waals surface area contributed by atoms with Crippen molar-refractivity contribution in [2.75, 3.05) is 5.73 Å². The second-order valence-corrected chi connectivity index (χ2v) is 3.66. The highest BCUT2D eigenvalue weighted by atomic mass is 16.4. The van der Waals surface area contributed by atoms with E-state index in [1.807, 2.05) is 13.8 Å². The molecule has 4 N–H and O–H groups in total. The minimum atomic E-state index is -1.21. The van der Waals surface area contributed by atoms with Crippen molar-refractivity contribution in [2.24, 2.45) is 0 Å². The third-order valence-electron chi connectivity index (χ3n) is 1.75. The number of nitrogens with zero attached hydrogens (tertiary/aromatic N) is 2. The molecule has 1 aromatic heterocycles. The van der Waals surface area contributed by atoms with Crippen LogP contribution in [0.3, 0.4) is 0 Å².